The summed E-state index contributed by atoms with van der Waals surface area (Å²) in [5.41, 5.74) is 16.6. The summed E-state index contributed by atoms with van der Waals surface area (Å²) in [6.45, 7) is 0. The van der Waals surface area contributed by atoms with Gasteiger partial charge in [0.2, 0.25) is 0 Å². The number of allylic oxidation sites excluding steroid dienone is 4. The van der Waals surface area contributed by atoms with E-state index in [0.29, 0.717) is 0 Å². The van der Waals surface area contributed by atoms with Crippen molar-refractivity contribution in [1.82, 2.24) is 14.5 Å². The molecule has 2 aliphatic carbocycles. The molecule has 54 heavy (non-hydrogen) atoms. The highest BCUT2D eigenvalue weighted by atomic mass is 15.0. The number of para-hydroxylation sites is 1. The van der Waals surface area contributed by atoms with E-state index < -0.39 is 5.41 Å². The van der Waals surface area contributed by atoms with Gasteiger partial charge in [0, 0.05) is 22.0 Å². The Kier molecular flexibility index (Phi) is 6.90. The first-order valence-electron chi connectivity index (χ1n) is 18.8. The first kappa shape index (κ1) is 30.8. The molecule has 0 N–H and O–H groups in total. The Morgan fingerprint density at radius 3 is 1.98 bits per heavy atom. The zero-order valence-corrected chi connectivity index (χ0v) is 29.7. The maximum absolute atomic E-state index is 5.40. The summed E-state index contributed by atoms with van der Waals surface area (Å²) >= 11 is 0. The SMILES string of the molecule is C1=CCCC(c2nc3ccc(-n4c5ccccc5c5c6c(ccc54)-c4ccccc4C6(c4ccccc4)c4ccccc4)cc3nc2-c2ccccc2)=C1. The number of hydrogen-bond acceptors (Lipinski definition) is 2. The molecule has 0 bridgehead atoms. The van der Waals surface area contributed by atoms with Gasteiger partial charge < -0.3 is 4.57 Å². The molecule has 0 spiro atoms. The first-order chi connectivity index (χ1) is 26.8. The molecule has 2 heterocycles. The smallest absolute Gasteiger partial charge is 0.0969 e. The molecule has 0 radical (unpaired) electrons. The highest BCUT2D eigenvalue weighted by Gasteiger charge is 2.47. The van der Waals surface area contributed by atoms with Crippen molar-refractivity contribution in [3.8, 4) is 28.1 Å². The molecule has 0 saturated carbocycles. The van der Waals surface area contributed by atoms with Crippen molar-refractivity contribution in [2.24, 2.45) is 0 Å². The topological polar surface area (TPSA) is 30.7 Å². The monoisotopic (exact) mass is 689 g/mol. The summed E-state index contributed by atoms with van der Waals surface area (Å²) in [5.74, 6) is 0. The van der Waals surface area contributed by atoms with Crippen LogP contribution in [0.1, 0.15) is 40.8 Å². The Balaban J connectivity index is 1.22. The molecule has 11 rings (SSSR count). The minimum absolute atomic E-state index is 0.512. The van der Waals surface area contributed by atoms with Gasteiger partial charge in [0.25, 0.3) is 0 Å². The van der Waals surface area contributed by atoms with Gasteiger partial charge in [-0.25, -0.2) is 9.97 Å². The Bertz CT molecular complexity index is 2930. The number of fused-ring (bicyclic) bond motifs is 8. The second kappa shape index (κ2) is 12.1. The fraction of sp³-hybridized carbons (Fsp3) is 0.0588. The third kappa shape index (κ3) is 4.42. The van der Waals surface area contributed by atoms with Gasteiger partial charge in [-0.05, 0) is 82.1 Å². The van der Waals surface area contributed by atoms with E-state index in [4.69, 9.17) is 9.97 Å². The maximum atomic E-state index is 5.40. The van der Waals surface area contributed by atoms with E-state index in [1.807, 2.05) is 0 Å². The number of hydrogen-bond donors (Lipinski definition) is 0. The molecule has 0 unspecified atom stereocenters. The van der Waals surface area contributed by atoms with Crippen molar-refractivity contribution >= 4 is 38.4 Å². The lowest BCUT2D eigenvalue weighted by Gasteiger charge is -2.34. The number of nitrogens with zero attached hydrogens (tertiary/aromatic N) is 3. The highest BCUT2D eigenvalue weighted by molar-refractivity contribution is 6.15. The van der Waals surface area contributed by atoms with Crippen LogP contribution in [0.5, 0.6) is 0 Å². The largest absolute Gasteiger partial charge is 0.309 e. The number of benzene rings is 7. The third-order valence-electron chi connectivity index (χ3n) is 11.5. The molecule has 254 valence electrons. The molecule has 0 atom stereocenters. The Hall–Kier alpha value is -6.84. The molecule has 2 aliphatic rings. The predicted octanol–water partition coefficient (Wildman–Crippen LogP) is 12.5. The second-order valence-corrected chi connectivity index (χ2v) is 14.4. The molecule has 7 aromatic carbocycles. The van der Waals surface area contributed by atoms with Crippen LogP contribution in [-0.2, 0) is 5.41 Å². The number of rotatable bonds is 5. The molecule has 0 amide bonds. The van der Waals surface area contributed by atoms with E-state index in [9.17, 15) is 0 Å². The van der Waals surface area contributed by atoms with Gasteiger partial charge in [-0.3, -0.25) is 0 Å². The normalized spacial score (nSPS) is 14.3. The van der Waals surface area contributed by atoms with E-state index in [1.165, 1.54) is 60.8 Å². The average Bonchev–Trinajstić information content (AvgIpc) is 3.75. The highest BCUT2D eigenvalue weighted by Crippen LogP contribution is 2.59. The zero-order chi connectivity index (χ0) is 35.6. The fourth-order valence-corrected chi connectivity index (χ4v) is 9.28. The van der Waals surface area contributed by atoms with E-state index in [0.717, 1.165) is 46.5 Å². The summed E-state index contributed by atoms with van der Waals surface area (Å²) < 4.78 is 2.43. The van der Waals surface area contributed by atoms with Crippen LogP contribution < -0.4 is 0 Å². The van der Waals surface area contributed by atoms with Crippen LogP contribution in [0.4, 0.5) is 0 Å². The van der Waals surface area contributed by atoms with Gasteiger partial charge in [0.1, 0.15) is 0 Å². The van der Waals surface area contributed by atoms with E-state index in [2.05, 4.69) is 193 Å². The standard InChI is InChI=1S/C51H35N3/c1-5-17-34(18-6-1)49-50(35-19-7-2-8-20-35)53-44-33-38(29-31-43(44)52-49)54-45-28-16-14-26-41(45)47-46(54)32-30-40-39-25-13-15-27-42(39)51(48(40)47,36-21-9-3-10-22-36)37-23-11-4-12-24-37/h1-5,7-17,19-33H,6,18H2. The van der Waals surface area contributed by atoms with Gasteiger partial charge in [0.05, 0.1) is 38.9 Å². The van der Waals surface area contributed by atoms with Crippen LogP contribution >= 0.6 is 0 Å². The van der Waals surface area contributed by atoms with Crippen LogP contribution in [0.15, 0.2) is 188 Å². The molecular weight excluding hydrogens is 655 g/mol. The number of aromatic nitrogens is 3. The minimum atomic E-state index is -0.512. The van der Waals surface area contributed by atoms with Crippen molar-refractivity contribution in [2.45, 2.75) is 18.3 Å². The quantitative estimate of drug-likeness (QED) is 0.180. The Morgan fingerprint density at radius 1 is 0.537 bits per heavy atom. The van der Waals surface area contributed by atoms with Crippen molar-refractivity contribution < 1.29 is 0 Å². The lowest BCUT2D eigenvalue weighted by atomic mass is 9.67. The average molecular weight is 690 g/mol. The third-order valence-corrected chi connectivity index (χ3v) is 11.5. The lowest BCUT2D eigenvalue weighted by Crippen LogP contribution is -2.28. The van der Waals surface area contributed by atoms with Crippen LogP contribution in [0.3, 0.4) is 0 Å². The zero-order valence-electron chi connectivity index (χ0n) is 29.7. The van der Waals surface area contributed by atoms with E-state index in [-0.39, 0.29) is 0 Å². The summed E-state index contributed by atoms with van der Waals surface area (Å²) in [7, 11) is 0. The molecule has 0 aliphatic heterocycles. The second-order valence-electron chi connectivity index (χ2n) is 14.4. The summed E-state index contributed by atoms with van der Waals surface area (Å²) in [6, 6.07) is 61.8. The summed E-state index contributed by atoms with van der Waals surface area (Å²) in [6.07, 6.45) is 8.52. The molecule has 9 aromatic rings. The van der Waals surface area contributed by atoms with Crippen molar-refractivity contribution in [3.63, 3.8) is 0 Å². The van der Waals surface area contributed by atoms with Gasteiger partial charge in [-0.2, -0.15) is 0 Å². The van der Waals surface area contributed by atoms with Gasteiger partial charge in [0.15, 0.2) is 0 Å². The first-order valence-corrected chi connectivity index (χ1v) is 18.8. The van der Waals surface area contributed by atoms with E-state index in [1.54, 1.807) is 0 Å². The Labute approximate surface area is 314 Å². The molecule has 2 aromatic heterocycles. The van der Waals surface area contributed by atoms with Crippen LogP contribution in [-0.4, -0.2) is 14.5 Å². The summed E-state index contributed by atoms with van der Waals surface area (Å²) in [5, 5.41) is 2.51. The van der Waals surface area contributed by atoms with Crippen LogP contribution in [0.2, 0.25) is 0 Å². The molecule has 0 fully saturated rings. The Morgan fingerprint density at radius 2 is 1.22 bits per heavy atom. The minimum Gasteiger partial charge on any atom is -0.309 e. The maximum Gasteiger partial charge on any atom is 0.0969 e. The van der Waals surface area contributed by atoms with Crippen molar-refractivity contribution in [1.29, 1.82) is 0 Å². The van der Waals surface area contributed by atoms with E-state index >= 15 is 0 Å². The fourth-order valence-electron chi connectivity index (χ4n) is 9.28. The van der Waals surface area contributed by atoms with Gasteiger partial charge in [-0.1, -0.05) is 158 Å². The molecule has 3 heteroatoms. The van der Waals surface area contributed by atoms with Gasteiger partial charge in [-0.15, -0.1) is 0 Å². The summed E-state index contributed by atoms with van der Waals surface area (Å²) in [4.78, 5) is 10.7. The van der Waals surface area contributed by atoms with Gasteiger partial charge >= 0.3 is 0 Å². The van der Waals surface area contributed by atoms with Crippen LogP contribution in [0.25, 0.3) is 66.5 Å². The lowest BCUT2D eigenvalue weighted by molar-refractivity contribution is 0.776. The molecule has 0 saturated heterocycles. The molecule has 3 nitrogen and oxygen atoms in total. The molecular formula is C51H35N3. The van der Waals surface area contributed by atoms with Crippen LogP contribution in [0, 0.1) is 0 Å². The van der Waals surface area contributed by atoms with Crippen molar-refractivity contribution in [2.75, 3.05) is 0 Å². The predicted molar refractivity (Wildman–Crippen MR) is 223 cm³/mol. The van der Waals surface area contributed by atoms with Crippen molar-refractivity contribution in [3.05, 3.63) is 216 Å².